The minimum Gasteiger partial charge on any atom is -0.299 e. The summed E-state index contributed by atoms with van der Waals surface area (Å²) < 4.78 is 0. The van der Waals surface area contributed by atoms with E-state index in [-0.39, 0.29) is 11.6 Å². The highest BCUT2D eigenvalue weighted by Gasteiger charge is 2.18. The van der Waals surface area contributed by atoms with Crippen LogP contribution in [-0.2, 0) is 61.0 Å². The molecule has 0 atom stereocenters. The molecule has 0 aromatic heterocycles. The van der Waals surface area contributed by atoms with Gasteiger partial charge < -0.3 is 0 Å². The Morgan fingerprint density at radius 2 is 0.875 bits per heavy atom. The maximum atomic E-state index is 13.0. The van der Waals surface area contributed by atoms with Crippen LogP contribution in [0.4, 0.5) is 0 Å². The molecule has 3 aromatic rings. The molecule has 8 bridgehead atoms. The molecule has 0 unspecified atom stereocenters. The molecule has 0 saturated heterocycles. The zero-order valence-corrected chi connectivity index (χ0v) is 18.7. The molecule has 2 aliphatic carbocycles. The molecule has 0 spiro atoms. The van der Waals surface area contributed by atoms with Crippen LogP contribution in [0.3, 0.4) is 0 Å². The van der Waals surface area contributed by atoms with Gasteiger partial charge >= 0.3 is 0 Å². The molecule has 0 saturated carbocycles. The molecule has 0 heterocycles. The lowest BCUT2D eigenvalue weighted by Crippen LogP contribution is -2.15. The number of aryl methyl sites for hydroxylation is 4. The van der Waals surface area contributed by atoms with Gasteiger partial charge in [-0.05, 0) is 83.0 Å². The lowest BCUT2D eigenvalue weighted by Gasteiger charge is -2.18. The van der Waals surface area contributed by atoms with E-state index in [9.17, 15) is 9.59 Å². The van der Waals surface area contributed by atoms with Crippen molar-refractivity contribution in [1.82, 2.24) is 0 Å². The fourth-order valence-corrected chi connectivity index (χ4v) is 5.35. The normalized spacial score (nSPS) is 16.9. The van der Waals surface area contributed by atoms with Gasteiger partial charge in [0.05, 0.1) is 0 Å². The summed E-state index contributed by atoms with van der Waals surface area (Å²) in [6, 6.07) is 21.5. The summed E-state index contributed by atoms with van der Waals surface area (Å²) in [5.74, 6) is 0.505. The van der Waals surface area contributed by atoms with Gasteiger partial charge in [0.15, 0.2) is 0 Å². The van der Waals surface area contributed by atoms with Gasteiger partial charge in [0, 0.05) is 25.7 Å². The smallest absolute Gasteiger partial charge is 0.141 e. The Labute approximate surface area is 190 Å². The number of rotatable bonds is 0. The van der Waals surface area contributed by atoms with Crippen molar-refractivity contribution < 1.29 is 9.59 Å². The Morgan fingerprint density at radius 1 is 0.438 bits per heavy atom. The SMILES string of the molecule is O=C1Cc2cccc(c2)CC(=O)Cc2cc(c3cc2CCCc2cccc(c2)CCC3)C1. The van der Waals surface area contributed by atoms with Crippen LogP contribution >= 0.6 is 0 Å². The van der Waals surface area contributed by atoms with Crippen molar-refractivity contribution in [1.29, 1.82) is 0 Å². The summed E-state index contributed by atoms with van der Waals surface area (Å²) in [5.41, 5.74) is 9.70. The van der Waals surface area contributed by atoms with Crippen LogP contribution in [0.25, 0.3) is 0 Å². The number of benzene rings is 3. The van der Waals surface area contributed by atoms with Gasteiger partial charge in [-0.1, -0.05) is 60.7 Å². The Kier molecular flexibility index (Phi) is 6.03. The van der Waals surface area contributed by atoms with Crippen molar-refractivity contribution in [3.05, 3.63) is 105 Å². The number of hydrogen-bond acceptors (Lipinski definition) is 2. The molecule has 2 aliphatic rings. The second-order valence-electron chi connectivity index (χ2n) is 9.52. The molecule has 32 heavy (non-hydrogen) atoms. The summed E-state index contributed by atoms with van der Waals surface area (Å²) >= 11 is 0. The third-order valence-electron chi connectivity index (χ3n) is 6.91. The zero-order chi connectivity index (χ0) is 21.9. The predicted octanol–water partition coefficient (Wildman–Crippen LogP) is 5.37. The van der Waals surface area contributed by atoms with Gasteiger partial charge in [-0.25, -0.2) is 0 Å². The average molecular weight is 423 g/mol. The molecule has 0 N–H and O–H groups in total. The predicted molar refractivity (Wildman–Crippen MR) is 128 cm³/mol. The van der Waals surface area contributed by atoms with Gasteiger partial charge in [-0.3, -0.25) is 9.59 Å². The van der Waals surface area contributed by atoms with Crippen molar-refractivity contribution in [2.45, 2.75) is 64.2 Å². The molecular weight excluding hydrogens is 392 g/mol. The van der Waals surface area contributed by atoms with Crippen LogP contribution < -0.4 is 0 Å². The Hall–Kier alpha value is -3.00. The third kappa shape index (κ3) is 4.91. The van der Waals surface area contributed by atoms with Gasteiger partial charge in [0.2, 0.25) is 0 Å². The zero-order valence-electron chi connectivity index (χ0n) is 18.7. The summed E-state index contributed by atoms with van der Waals surface area (Å²) in [5, 5.41) is 0. The minimum atomic E-state index is 0.253. The standard InChI is InChI=1S/C30H30O2/c31-29-15-23-9-2-10-24(14-23)16-30(32)20-28-18-27(19-29)25-11-3-7-21-5-1-6-22(13-21)8-4-12-26(28)17-25/h1-2,5-6,9-10,13-14,17-18H,3-4,7-8,11-12,15-16,19-20H2. The van der Waals surface area contributed by atoms with E-state index in [1.807, 2.05) is 24.3 Å². The fourth-order valence-electron chi connectivity index (χ4n) is 5.35. The Morgan fingerprint density at radius 3 is 1.41 bits per heavy atom. The van der Waals surface area contributed by atoms with E-state index < -0.39 is 0 Å². The van der Waals surface area contributed by atoms with Crippen LogP contribution in [0.1, 0.15) is 57.3 Å². The van der Waals surface area contributed by atoms with Crippen LogP contribution in [0.2, 0.25) is 0 Å². The van der Waals surface area contributed by atoms with Crippen molar-refractivity contribution in [3.63, 3.8) is 0 Å². The highest BCUT2D eigenvalue weighted by atomic mass is 16.1. The lowest BCUT2D eigenvalue weighted by molar-refractivity contribution is -0.118. The first-order chi connectivity index (χ1) is 15.6. The first-order valence-corrected chi connectivity index (χ1v) is 11.9. The number of fused-ring (bicyclic) bond motifs is 10. The summed E-state index contributed by atoms with van der Waals surface area (Å²) in [4.78, 5) is 25.9. The van der Waals surface area contributed by atoms with Crippen molar-refractivity contribution in [3.8, 4) is 0 Å². The number of ketones is 2. The molecule has 0 amide bonds. The molecule has 0 radical (unpaired) electrons. The van der Waals surface area contributed by atoms with E-state index in [0.717, 1.165) is 60.8 Å². The quantitative estimate of drug-likeness (QED) is 0.488. The highest BCUT2D eigenvalue weighted by Crippen LogP contribution is 2.25. The fraction of sp³-hybridized carbons (Fsp3) is 0.333. The molecular formula is C30H30O2. The van der Waals surface area contributed by atoms with Gasteiger partial charge in [0.25, 0.3) is 0 Å². The number of Topliss-reactive ketones (excluding diaryl/α,β-unsaturated/α-hetero) is 2. The number of carbonyl (C=O) groups excluding carboxylic acids is 2. The minimum absolute atomic E-state index is 0.253. The van der Waals surface area contributed by atoms with Crippen molar-refractivity contribution in [2.75, 3.05) is 0 Å². The van der Waals surface area contributed by atoms with Crippen LogP contribution in [0.15, 0.2) is 60.7 Å². The summed E-state index contributed by atoms with van der Waals surface area (Å²) in [6.45, 7) is 0. The van der Waals surface area contributed by atoms with E-state index in [4.69, 9.17) is 0 Å². The lowest BCUT2D eigenvalue weighted by atomic mass is 9.86. The topological polar surface area (TPSA) is 34.1 Å². The molecule has 3 aromatic carbocycles. The molecule has 0 fully saturated rings. The number of hydrogen-bond donors (Lipinski definition) is 0. The maximum Gasteiger partial charge on any atom is 0.141 e. The van der Waals surface area contributed by atoms with Gasteiger partial charge in [-0.15, -0.1) is 0 Å². The molecule has 5 rings (SSSR count). The van der Waals surface area contributed by atoms with Gasteiger partial charge in [-0.2, -0.15) is 0 Å². The van der Waals surface area contributed by atoms with E-state index >= 15 is 0 Å². The summed E-state index contributed by atoms with van der Waals surface area (Å²) in [6.07, 6.45) is 8.00. The second-order valence-corrected chi connectivity index (χ2v) is 9.52. The number of carbonyl (C=O) groups is 2. The molecule has 2 nitrogen and oxygen atoms in total. The maximum absolute atomic E-state index is 13.0. The van der Waals surface area contributed by atoms with Crippen LogP contribution in [0.5, 0.6) is 0 Å². The monoisotopic (exact) mass is 422 g/mol. The summed E-state index contributed by atoms with van der Waals surface area (Å²) in [7, 11) is 0. The van der Waals surface area contributed by atoms with Crippen LogP contribution in [0, 0.1) is 0 Å². The Bertz CT molecular complexity index is 1090. The van der Waals surface area contributed by atoms with Crippen molar-refractivity contribution >= 4 is 11.6 Å². The molecule has 162 valence electrons. The average Bonchev–Trinajstić information content (AvgIpc) is 2.75. The van der Waals surface area contributed by atoms with E-state index in [1.54, 1.807) is 0 Å². The van der Waals surface area contributed by atoms with Crippen molar-refractivity contribution in [2.24, 2.45) is 0 Å². The molecule has 2 heteroatoms. The van der Waals surface area contributed by atoms with E-state index in [0.29, 0.717) is 25.7 Å². The first kappa shape index (κ1) is 20.9. The first-order valence-electron chi connectivity index (χ1n) is 11.9. The van der Waals surface area contributed by atoms with E-state index in [1.165, 1.54) is 22.3 Å². The van der Waals surface area contributed by atoms with Crippen LogP contribution in [-0.4, -0.2) is 11.6 Å². The Balaban J connectivity index is 1.51. The second kappa shape index (κ2) is 9.24. The molecule has 0 aliphatic heterocycles. The largest absolute Gasteiger partial charge is 0.299 e. The third-order valence-corrected chi connectivity index (χ3v) is 6.91. The van der Waals surface area contributed by atoms with Gasteiger partial charge in [0.1, 0.15) is 11.6 Å². The van der Waals surface area contributed by atoms with E-state index in [2.05, 4.69) is 36.4 Å². The highest BCUT2D eigenvalue weighted by molar-refractivity contribution is 5.86.